The molecule has 18 atom stereocenters. The van der Waals surface area contributed by atoms with Crippen LogP contribution in [0.3, 0.4) is 0 Å². The molecule has 7 rings (SSSR count). The van der Waals surface area contributed by atoms with Gasteiger partial charge in [-0.05, 0) is 82.0 Å². The van der Waals surface area contributed by atoms with Crippen LogP contribution in [-0.2, 0) is 33.2 Å². The van der Waals surface area contributed by atoms with E-state index in [0.29, 0.717) is 31.2 Å². The van der Waals surface area contributed by atoms with E-state index in [1.54, 1.807) is 7.11 Å². The van der Waals surface area contributed by atoms with E-state index in [9.17, 15) is 35.1 Å². The Labute approximate surface area is 336 Å². The average molecular weight is 801 g/mol. The van der Waals surface area contributed by atoms with Crippen molar-refractivity contribution in [2.24, 2.45) is 34.5 Å². The van der Waals surface area contributed by atoms with E-state index in [4.69, 9.17) is 28.4 Å². The summed E-state index contributed by atoms with van der Waals surface area (Å²) in [5.41, 5.74) is 0.119. The molecule has 5 N–H and O–H groups in total. The van der Waals surface area contributed by atoms with Crippen LogP contribution in [0.15, 0.2) is 42.0 Å². The molecule has 2 heterocycles. The van der Waals surface area contributed by atoms with Gasteiger partial charge >= 0.3 is 5.97 Å². The number of methoxy groups -OCH3 is 1. The van der Waals surface area contributed by atoms with Crippen molar-refractivity contribution in [3.63, 3.8) is 0 Å². The third-order valence-electron chi connectivity index (χ3n) is 15.5. The average Bonchev–Trinajstić information content (AvgIpc) is 3.47. The SMILES string of the molecule is COC1C[C@H](O[C@H]2CC[C@@]3(C)C(=CCC4[C@@H]3C[C@@H](CC(=O)c3ccccc3)[C@]3(C)[C@@H]([C@@H](C)OC(C)=O)CC[C@]43O)C2)OC(C)[C@H]1O[C@@H]1OC(CO)[C@@H](O)C(O)[C@@H]1O. The number of hydrogen-bond donors (Lipinski definition) is 5. The van der Waals surface area contributed by atoms with Gasteiger partial charge in [-0.1, -0.05) is 55.8 Å². The molecule has 57 heavy (non-hydrogen) atoms. The van der Waals surface area contributed by atoms with E-state index >= 15 is 0 Å². The van der Waals surface area contributed by atoms with Crippen LogP contribution in [0, 0.1) is 34.5 Å². The Bertz CT molecular complexity index is 1620. The molecule has 0 radical (unpaired) electrons. The number of aliphatic hydroxyl groups excluding tert-OH is 4. The fraction of sp³-hybridized carbons (Fsp3) is 0.773. The van der Waals surface area contributed by atoms with E-state index in [2.05, 4.69) is 19.9 Å². The summed E-state index contributed by atoms with van der Waals surface area (Å²) >= 11 is 0. The molecule has 0 spiro atoms. The highest BCUT2D eigenvalue weighted by molar-refractivity contribution is 5.96. The number of allylic oxidation sites excluding steroid dienone is 1. The molecule has 5 fully saturated rings. The number of aliphatic hydroxyl groups is 5. The molecular weight excluding hydrogens is 736 g/mol. The fourth-order valence-electron chi connectivity index (χ4n) is 12.3. The molecule has 13 heteroatoms. The van der Waals surface area contributed by atoms with Gasteiger partial charge in [0.25, 0.3) is 0 Å². The Morgan fingerprint density at radius 2 is 1.70 bits per heavy atom. The molecule has 3 saturated carbocycles. The van der Waals surface area contributed by atoms with Crippen LogP contribution in [0.1, 0.15) is 103 Å². The predicted octanol–water partition coefficient (Wildman–Crippen LogP) is 3.85. The second kappa shape index (κ2) is 16.6. The second-order valence-corrected chi connectivity index (χ2v) is 18.3. The molecule has 1 aromatic carbocycles. The number of ketones is 1. The molecule has 0 amide bonds. The number of ether oxygens (including phenoxy) is 6. The molecule has 0 aromatic heterocycles. The van der Waals surface area contributed by atoms with Crippen LogP contribution in [-0.4, -0.2) is 124 Å². The molecular formula is C44H64O13. The molecule has 0 bridgehead atoms. The van der Waals surface area contributed by atoms with Gasteiger partial charge in [0.15, 0.2) is 18.4 Å². The van der Waals surface area contributed by atoms with Crippen LogP contribution in [0.25, 0.3) is 0 Å². The maximum atomic E-state index is 13.9. The summed E-state index contributed by atoms with van der Waals surface area (Å²) in [7, 11) is 1.56. The molecule has 5 unspecified atom stereocenters. The van der Waals surface area contributed by atoms with Crippen molar-refractivity contribution in [3.05, 3.63) is 47.5 Å². The minimum absolute atomic E-state index is 0.00283. The van der Waals surface area contributed by atoms with E-state index in [1.165, 1.54) is 12.5 Å². The van der Waals surface area contributed by atoms with Crippen LogP contribution < -0.4 is 0 Å². The highest BCUT2D eigenvalue weighted by Gasteiger charge is 2.70. The first kappa shape index (κ1) is 42.8. The second-order valence-electron chi connectivity index (χ2n) is 18.3. The number of hydrogen-bond acceptors (Lipinski definition) is 13. The largest absolute Gasteiger partial charge is 0.463 e. The van der Waals surface area contributed by atoms with Gasteiger partial charge < -0.3 is 54.0 Å². The van der Waals surface area contributed by atoms with Gasteiger partial charge in [0.2, 0.25) is 0 Å². The Morgan fingerprint density at radius 1 is 0.965 bits per heavy atom. The first-order chi connectivity index (χ1) is 27.0. The van der Waals surface area contributed by atoms with Crippen molar-refractivity contribution in [1.82, 2.24) is 0 Å². The quantitative estimate of drug-likeness (QED) is 0.123. The maximum absolute atomic E-state index is 13.9. The molecule has 2 saturated heterocycles. The van der Waals surface area contributed by atoms with Gasteiger partial charge in [-0.15, -0.1) is 0 Å². The monoisotopic (exact) mass is 800 g/mol. The molecule has 4 aliphatic carbocycles. The zero-order valence-electron chi connectivity index (χ0n) is 34.2. The maximum Gasteiger partial charge on any atom is 0.302 e. The number of carbonyl (C=O) groups excluding carboxylic acids is 2. The third-order valence-corrected chi connectivity index (χ3v) is 15.5. The highest BCUT2D eigenvalue weighted by Crippen LogP contribution is 2.71. The standard InChI is InChI=1S/C44H64O13/c1-23(53-25(3)46)30-15-17-44(51)31-13-12-27-18-29(14-16-42(27,4)32(31)19-28(43(30,44)5)20-33(47)26-10-8-7-9-11-26)55-36-21-34(52-6)40(24(2)54-36)57-41-39(50)38(49)37(48)35(22-45)56-41/h7-12,23-24,28-32,34-41,45,48-51H,13-22H2,1-6H3/t23-,24?,28+,29+,30-,31?,32+,34?,35?,36+,37-,38?,39+,40-,41+,42+,43-,44+/m1/s1. The van der Waals surface area contributed by atoms with E-state index < -0.39 is 72.9 Å². The van der Waals surface area contributed by atoms with E-state index in [1.807, 2.05) is 44.2 Å². The Balaban J connectivity index is 1.06. The van der Waals surface area contributed by atoms with Gasteiger partial charge in [0, 0.05) is 43.8 Å². The lowest BCUT2D eigenvalue weighted by Gasteiger charge is -2.64. The first-order valence-electron chi connectivity index (χ1n) is 21.0. The Morgan fingerprint density at radius 3 is 2.39 bits per heavy atom. The molecule has 6 aliphatic rings. The lowest BCUT2D eigenvalue weighted by Crippen LogP contribution is -2.64. The number of rotatable bonds is 11. The Hall–Kier alpha value is -2.30. The lowest BCUT2D eigenvalue weighted by molar-refractivity contribution is -0.345. The van der Waals surface area contributed by atoms with Gasteiger partial charge in [-0.2, -0.15) is 0 Å². The van der Waals surface area contributed by atoms with Crippen molar-refractivity contribution >= 4 is 11.8 Å². The minimum Gasteiger partial charge on any atom is -0.463 e. The smallest absolute Gasteiger partial charge is 0.302 e. The van der Waals surface area contributed by atoms with Crippen molar-refractivity contribution in [3.8, 4) is 0 Å². The van der Waals surface area contributed by atoms with E-state index in [-0.39, 0.29) is 53.0 Å². The highest BCUT2D eigenvalue weighted by atomic mass is 16.7. The third kappa shape index (κ3) is 7.57. The molecule has 2 aliphatic heterocycles. The number of benzene rings is 1. The fourth-order valence-corrected chi connectivity index (χ4v) is 12.3. The summed E-state index contributed by atoms with van der Waals surface area (Å²) in [6, 6.07) is 9.39. The summed E-state index contributed by atoms with van der Waals surface area (Å²) in [4.78, 5) is 26.1. The number of fused-ring (bicyclic) bond motifs is 5. The van der Waals surface area contributed by atoms with E-state index in [0.717, 1.165) is 32.1 Å². The summed E-state index contributed by atoms with van der Waals surface area (Å²) in [6.07, 6.45) is -1.67. The van der Waals surface area contributed by atoms with Crippen molar-refractivity contribution in [2.45, 2.75) is 166 Å². The summed E-state index contributed by atoms with van der Waals surface area (Å²) in [5, 5.41) is 53.8. The minimum atomic E-state index is -1.56. The first-order valence-corrected chi connectivity index (χ1v) is 21.0. The van der Waals surface area contributed by atoms with Crippen LogP contribution >= 0.6 is 0 Å². The van der Waals surface area contributed by atoms with Gasteiger partial charge in [-0.3, -0.25) is 9.59 Å². The summed E-state index contributed by atoms with van der Waals surface area (Å²) < 4.78 is 36.3. The summed E-state index contributed by atoms with van der Waals surface area (Å²) in [5.74, 6) is -0.323. The number of esters is 1. The molecule has 13 nitrogen and oxygen atoms in total. The summed E-state index contributed by atoms with van der Waals surface area (Å²) in [6.45, 7) is 9.12. The Kier molecular flexibility index (Phi) is 12.5. The van der Waals surface area contributed by atoms with Gasteiger partial charge in [0.05, 0.1) is 30.5 Å². The molecule has 318 valence electrons. The van der Waals surface area contributed by atoms with Gasteiger partial charge in [-0.25, -0.2) is 0 Å². The van der Waals surface area contributed by atoms with Gasteiger partial charge in [0.1, 0.15) is 36.6 Å². The lowest BCUT2D eigenvalue weighted by atomic mass is 9.42. The van der Waals surface area contributed by atoms with Crippen molar-refractivity contribution < 1.29 is 63.5 Å². The zero-order chi connectivity index (χ0) is 41.0. The van der Waals surface area contributed by atoms with Crippen LogP contribution in [0.2, 0.25) is 0 Å². The normalized spacial score (nSPS) is 46.2. The number of carbonyl (C=O) groups is 2. The predicted molar refractivity (Wildman–Crippen MR) is 205 cm³/mol. The van der Waals surface area contributed by atoms with Crippen LogP contribution in [0.4, 0.5) is 0 Å². The zero-order valence-corrected chi connectivity index (χ0v) is 34.2. The van der Waals surface area contributed by atoms with Crippen molar-refractivity contribution in [2.75, 3.05) is 13.7 Å². The topological polar surface area (TPSA) is 191 Å². The molecule has 1 aromatic rings. The van der Waals surface area contributed by atoms with Crippen LogP contribution in [0.5, 0.6) is 0 Å². The number of Topliss-reactive ketones (excluding diaryl/α,β-unsaturated/α-hetero) is 1. The van der Waals surface area contributed by atoms with Crippen molar-refractivity contribution in [1.29, 1.82) is 0 Å².